The first-order chi connectivity index (χ1) is 26.8. The SMILES string of the molecule is C1=CC(c2ccc3sc4c(-c5cccc(-c6nc7ccccc7n6-c6ccccc6)c5)cc(-c5cccc6ccccc56)cc4c3c2)C2CCC=CC2=C1. The number of aromatic nitrogens is 2. The summed E-state index contributed by atoms with van der Waals surface area (Å²) in [4.78, 5) is 5.23. The van der Waals surface area contributed by atoms with Crippen molar-refractivity contribution in [2.75, 3.05) is 0 Å². The van der Waals surface area contributed by atoms with Crippen molar-refractivity contribution in [2.45, 2.75) is 18.8 Å². The minimum atomic E-state index is 0.385. The lowest BCUT2D eigenvalue weighted by molar-refractivity contribution is 0.507. The van der Waals surface area contributed by atoms with Gasteiger partial charge in [0.05, 0.1) is 11.0 Å². The van der Waals surface area contributed by atoms with Crippen molar-refractivity contribution in [3.8, 4) is 39.3 Å². The van der Waals surface area contributed by atoms with Gasteiger partial charge < -0.3 is 0 Å². The fraction of sp³-hybridized carbons (Fsp3) is 0.0784. The van der Waals surface area contributed by atoms with Crippen LogP contribution in [0.5, 0.6) is 0 Å². The summed E-state index contributed by atoms with van der Waals surface area (Å²) < 4.78 is 4.94. The molecule has 2 heterocycles. The van der Waals surface area contributed by atoms with Crippen LogP contribution in [0.1, 0.15) is 24.3 Å². The third-order valence-corrected chi connectivity index (χ3v) is 12.7. The highest BCUT2D eigenvalue weighted by Gasteiger charge is 2.27. The van der Waals surface area contributed by atoms with Crippen LogP contribution in [0.25, 0.3) is 81.3 Å². The molecule has 2 aliphatic rings. The molecule has 0 radical (unpaired) electrons. The first-order valence-corrected chi connectivity index (χ1v) is 19.8. The van der Waals surface area contributed by atoms with Gasteiger partial charge in [0.1, 0.15) is 5.82 Å². The molecule has 0 spiro atoms. The summed E-state index contributed by atoms with van der Waals surface area (Å²) >= 11 is 1.91. The Kier molecular flexibility index (Phi) is 7.34. The number of rotatable bonds is 5. The zero-order valence-corrected chi connectivity index (χ0v) is 30.5. The predicted molar refractivity (Wildman–Crippen MR) is 230 cm³/mol. The number of nitrogens with zero attached hydrogens (tertiary/aromatic N) is 2. The van der Waals surface area contributed by atoms with Gasteiger partial charge in [-0.1, -0.05) is 127 Å². The maximum Gasteiger partial charge on any atom is 0.145 e. The Labute approximate surface area is 318 Å². The average Bonchev–Trinajstić information content (AvgIpc) is 3.82. The molecule has 0 N–H and O–H groups in total. The number of thiophene rings is 1. The summed E-state index contributed by atoms with van der Waals surface area (Å²) in [5, 5.41) is 5.19. The zero-order chi connectivity index (χ0) is 35.6. The van der Waals surface area contributed by atoms with E-state index in [0.29, 0.717) is 11.8 Å². The fourth-order valence-corrected chi connectivity index (χ4v) is 10.2. The van der Waals surface area contributed by atoms with Crippen molar-refractivity contribution in [1.29, 1.82) is 0 Å². The van der Waals surface area contributed by atoms with Crippen LogP contribution in [-0.2, 0) is 0 Å². The van der Waals surface area contributed by atoms with Crippen molar-refractivity contribution in [3.63, 3.8) is 0 Å². The molecule has 2 atom stereocenters. The molecule has 54 heavy (non-hydrogen) atoms. The van der Waals surface area contributed by atoms with Crippen LogP contribution in [0, 0.1) is 5.92 Å². The Morgan fingerprint density at radius 1 is 0.630 bits per heavy atom. The molecule has 0 fully saturated rings. The quantitative estimate of drug-likeness (QED) is 0.174. The molecule has 0 bridgehead atoms. The topological polar surface area (TPSA) is 17.8 Å². The summed E-state index contributed by atoms with van der Waals surface area (Å²) in [7, 11) is 0. The second-order valence-corrected chi connectivity index (χ2v) is 15.7. The monoisotopic (exact) mass is 708 g/mol. The molecular weight excluding hydrogens is 673 g/mol. The van der Waals surface area contributed by atoms with Gasteiger partial charge in [-0.15, -0.1) is 11.3 Å². The van der Waals surface area contributed by atoms with Gasteiger partial charge in [-0.2, -0.15) is 0 Å². The molecule has 3 heteroatoms. The van der Waals surface area contributed by atoms with Crippen LogP contribution in [0.2, 0.25) is 0 Å². The molecule has 2 aromatic heterocycles. The van der Waals surface area contributed by atoms with E-state index in [9.17, 15) is 0 Å². The van der Waals surface area contributed by atoms with Gasteiger partial charge in [0.15, 0.2) is 0 Å². The predicted octanol–water partition coefficient (Wildman–Crippen LogP) is 14.1. The maximum absolute atomic E-state index is 5.23. The smallest absolute Gasteiger partial charge is 0.145 e. The maximum atomic E-state index is 5.23. The number of para-hydroxylation sites is 3. The summed E-state index contributed by atoms with van der Waals surface area (Å²) in [6, 6.07) is 55.6. The summed E-state index contributed by atoms with van der Waals surface area (Å²) in [6.07, 6.45) is 14.0. The fourth-order valence-electron chi connectivity index (χ4n) is 8.95. The molecule has 0 amide bonds. The first-order valence-electron chi connectivity index (χ1n) is 18.9. The van der Waals surface area contributed by atoms with E-state index in [-0.39, 0.29) is 0 Å². The Hall–Kier alpha value is -6.29. The third kappa shape index (κ3) is 5.11. The number of imidazole rings is 1. The van der Waals surface area contributed by atoms with Crippen LogP contribution in [0.4, 0.5) is 0 Å². The van der Waals surface area contributed by atoms with E-state index in [4.69, 9.17) is 4.98 Å². The summed E-state index contributed by atoms with van der Waals surface area (Å²) in [5.41, 5.74) is 12.1. The highest BCUT2D eigenvalue weighted by atomic mass is 32.1. The molecule has 0 saturated carbocycles. The van der Waals surface area contributed by atoms with E-state index in [1.807, 2.05) is 11.3 Å². The van der Waals surface area contributed by atoms with Crippen molar-refractivity contribution in [1.82, 2.24) is 9.55 Å². The van der Waals surface area contributed by atoms with Crippen molar-refractivity contribution < 1.29 is 0 Å². The normalized spacial score (nSPS) is 16.7. The molecular formula is C51H36N2S. The molecule has 0 saturated heterocycles. The molecule has 0 aliphatic heterocycles. The highest BCUT2D eigenvalue weighted by molar-refractivity contribution is 7.26. The van der Waals surface area contributed by atoms with Gasteiger partial charge in [-0.05, 0) is 112 Å². The zero-order valence-electron chi connectivity index (χ0n) is 29.7. The Morgan fingerprint density at radius 2 is 1.46 bits per heavy atom. The van der Waals surface area contributed by atoms with E-state index in [1.54, 1.807) is 0 Å². The number of hydrogen-bond acceptors (Lipinski definition) is 2. The summed E-state index contributed by atoms with van der Waals surface area (Å²) in [6.45, 7) is 0. The largest absolute Gasteiger partial charge is 0.292 e. The number of hydrogen-bond donors (Lipinski definition) is 0. The van der Waals surface area contributed by atoms with Gasteiger partial charge in [-0.3, -0.25) is 4.57 Å². The number of benzene rings is 7. The van der Waals surface area contributed by atoms with Gasteiger partial charge in [0.25, 0.3) is 0 Å². The van der Waals surface area contributed by atoms with Crippen LogP contribution >= 0.6 is 11.3 Å². The minimum Gasteiger partial charge on any atom is -0.292 e. The summed E-state index contributed by atoms with van der Waals surface area (Å²) in [5.74, 6) is 1.86. The molecule has 2 unspecified atom stereocenters. The molecule has 256 valence electrons. The molecule has 2 aliphatic carbocycles. The standard InChI is InChI=1S/C51H36N2S/c1-2-19-39(20-3-1)53-48-26-9-8-25-47(48)52-51(53)37-18-10-17-35(29-37)44-31-38(43-24-12-16-34-14-5-7-22-41(34)43)32-46-45-30-36(27-28-49(45)54-50(44)46)42-23-11-15-33-13-4-6-21-40(33)42/h1-5,7-20,22-32,40,42H,6,21H2. The Bertz CT molecular complexity index is 3000. The van der Waals surface area contributed by atoms with Crippen LogP contribution < -0.4 is 0 Å². The lowest BCUT2D eigenvalue weighted by Crippen LogP contribution is -2.17. The highest BCUT2D eigenvalue weighted by Crippen LogP contribution is 2.47. The molecule has 7 aromatic carbocycles. The molecule has 11 rings (SSSR count). The van der Waals surface area contributed by atoms with E-state index < -0.39 is 0 Å². The van der Waals surface area contributed by atoms with Gasteiger partial charge in [0, 0.05) is 42.9 Å². The van der Waals surface area contributed by atoms with Crippen molar-refractivity contribution in [3.05, 3.63) is 193 Å². The lowest BCUT2D eigenvalue weighted by atomic mass is 9.73. The second-order valence-electron chi connectivity index (χ2n) is 14.6. The Balaban J connectivity index is 1.13. The Morgan fingerprint density at radius 3 is 2.43 bits per heavy atom. The van der Waals surface area contributed by atoms with E-state index in [2.05, 4.69) is 187 Å². The number of allylic oxidation sites excluding steroid dienone is 6. The van der Waals surface area contributed by atoms with Crippen LogP contribution in [0.15, 0.2) is 188 Å². The van der Waals surface area contributed by atoms with E-state index in [0.717, 1.165) is 34.5 Å². The second kappa shape index (κ2) is 12.7. The van der Waals surface area contributed by atoms with Gasteiger partial charge >= 0.3 is 0 Å². The van der Waals surface area contributed by atoms with Gasteiger partial charge in [0.2, 0.25) is 0 Å². The van der Waals surface area contributed by atoms with E-state index in [1.165, 1.54) is 70.8 Å². The molecule has 2 nitrogen and oxygen atoms in total. The van der Waals surface area contributed by atoms with Crippen LogP contribution in [-0.4, -0.2) is 9.55 Å². The van der Waals surface area contributed by atoms with Crippen molar-refractivity contribution >= 4 is 53.3 Å². The average molecular weight is 709 g/mol. The minimum absolute atomic E-state index is 0.385. The van der Waals surface area contributed by atoms with Gasteiger partial charge in [-0.25, -0.2) is 4.98 Å². The number of fused-ring (bicyclic) bond motifs is 6. The lowest BCUT2D eigenvalue weighted by Gasteiger charge is -2.31. The van der Waals surface area contributed by atoms with Crippen LogP contribution in [0.3, 0.4) is 0 Å². The third-order valence-electron chi connectivity index (χ3n) is 11.5. The molecule has 9 aromatic rings. The first kappa shape index (κ1) is 31.3. The van der Waals surface area contributed by atoms with E-state index >= 15 is 0 Å². The van der Waals surface area contributed by atoms with Crippen molar-refractivity contribution in [2.24, 2.45) is 5.92 Å².